The second kappa shape index (κ2) is 5.97. The first kappa shape index (κ1) is 16.6. The van der Waals surface area contributed by atoms with Crippen LogP contribution in [-0.4, -0.2) is 48.7 Å². The largest absolute Gasteiger partial charge is 0.418 e. The number of nitrogens with one attached hydrogen (secondary N) is 2. The summed E-state index contributed by atoms with van der Waals surface area (Å²) in [5.74, 6) is -0.220. The van der Waals surface area contributed by atoms with Gasteiger partial charge in [-0.05, 0) is 18.6 Å². The fourth-order valence-electron chi connectivity index (χ4n) is 2.89. The van der Waals surface area contributed by atoms with Crippen molar-refractivity contribution in [2.45, 2.75) is 18.2 Å². The summed E-state index contributed by atoms with van der Waals surface area (Å²) >= 11 is 0. The SMILES string of the molecule is O=C1COC2(CCN(C(=O)Nc3ccccc3C(F)(F)F)C2)CN1. The number of benzene rings is 1. The maximum absolute atomic E-state index is 13.0. The topological polar surface area (TPSA) is 70.7 Å². The number of ether oxygens (including phenoxy) is 1. The molecule has 0 aliphatic carbocycles. The number of morpholine rings is 1. The van der Waals surface area contributed by atoms with E-state index in [1.165, 1.54) is 23.1 Å². The minimum Gasteiger partial charge on any atom is -0.361 e. The van der Waals surface area contributed by atoms with E-state index in [-0.39, 0.29) is 31.3 Å². The van der Waals surface area contributed by atoms with Crippen LogP contribution in [0.2, 0.25) is 0 Å². The van der Waals surface area contributed by atoms with Crippen molar-refractivity contribution in [2.75, 3.05) is 31.6 Å². The first-order valence-electron chi connectivity index (χ1n) is 7.42. The number of alkyl halides is 3. The number of para-hydroxylation sites is 1. The number of halogens is 3. The Hall–Kier alpha value is -2.29. The molecule has 1 atom stereocenters. The van der Waals surface area contributed by atoms with Crippen molar-refractivity contribution < 1.29 is 27.5 Å². The van der Waals surface area contributed by atoms with Gasteiger partial charge in [-0.3, -0.25) is 4.79 Å². The molecule has 1 aromatic rings. The maximum atomic E-state index is 13.0. The number of rotatable bonds is 1. The summed E-state index contributed by atoms with van der Waals surface area (Å²) in [6.07, 6.45) is -4.03. The molecule has 2 aliphatic heterocycles. The van der Waals surface area contributed by atoms with Crippen LogP contribution in [0.15, 0.2) is 24.3 Å². The molecule has 1 spiro atoms. The van der Waals surface area contributed by atoms with E-state index in [9.17, 15) is 22.8 Å². The van der Waals surface area contributed by atoms with Gasteiger partial charge in [-0.1, -0.05) is 12.1 Å². The van der Waals surface area contributed by atoms with Gasteiger partial charge in [0, 0.05) is 13.1 Å². The molecule has 1 aromatic carbocycles. The van der Waals surface area contributed by atoms with Crippen LogP contribution < -0.4 is 10.6 Å². The number of carbonyl (C=O) groups is 2. The van der Waals surface area contributed by atoms with Gasteiger partial charge in [0.15, 0.2) is 0 Å². The molecule has 0 bridgehead atoms. The van der Waals surface area contributed by atoms with Gasteiger partial charge in [0.2, 0.25) is 5.91 Å². The number of hydrogen-bond donors (Lipinski definition) is 2. The fourth-order valence-corrected chi connectivity index (χ4v) is 2.89. The van der Waals surface area contributed by atoms with E-state index in [0.29, 0.717) is 13.0 Å². The van der Waals surface area contributed by atoms with Crippen molar-refractivity contribution in [3.63, 3.8) is 0 Å². The average Bonchev–Trinajstić information content (AvgIpc) is 2.94. The van der Waals surface area contributed by atoms with Gasteiger partial charge in [-0.2, -0.15) is 13.2 Å². The standard InChI is InChI=1S/C15H16F3N3O3/c16-15(17,18)10-3-1-2-4-11(10)20-13(23)21-6-5-14(9-21)8-19-12(22)7-24-14/h1-4H,5-9H2,(H,19,22)(H,20,23). The molecule has 0 saturated carbocycles. The Morgan fingerprint density at radius 1 is 1.33 bits per heavy atom. The van der Waals surface area contributed by atoms with Crippen molar-refractivity contribution >= 4 is 17.6 Å². The van der Waals surface area contributed by atoms with Crippen molar-refractivity contribution in [3.05, 3.63) is 29.8 Å². The van der Waals surface area contributed by atoms with Crippen LogP contribution in [0.4, 0.5) is 23.7 Å². The lowest BCUT2D eigenvalue weighted by atomic mass is 10.0. The van der Waals surface area contributed by atoms with Crippen LogP contribution in [0, 0.1) is 0 Å². The smallest absolute Gasteiger partial charge is 0.361 e. The molecule has 0 radical (unpaired) electrons. The van der Waals surface area contributed by atoms with E-state index >= 15 is 0 Å². The van der Waals surface area contributed by atoms with Gasteiger partial charge >= 0.3 is 12.2 Å². The molecule has 2 fully saturated rings. The third-order valence-electron chi connectivity index (χ3n) is 4.19. The van der Waals surface area contributed by atoms with Gasteiger partial charge in [-0.15, -0.1) is 0 Å². The minimum absolute atomic E-state index is 0.0770. The lowest BCUT2D eigenvalue weighted by molar-refractivity contribution is -0.141. The molecular weight excluding hydrogens is 327 g/mol. The first-order valence-corrected chi connectivity index (χ1v) is 7.42. The predicted octanol–water partition coefficient (Wildman–Crippen LogP) is 1.83. The molecule has 3 amide bonds. The van der Waals surface area contributed by atoms with Gasteiger partial charge in [0.25, 0.3) is 0 Å². The highest BCUT2D eigenvalue weighted by atomic mass is 19.4. The first-order chi connectivity index (χ1) is 11.3. The molecule has 2 heterocycles. The molecule has 24 heavy (non-hydrogen) atoms. The van der Waals surface area contributed by atoms with E-state index in [0.717, 1.165) is 6.07 Å². The summed E-state index contributed by atoms with van der Waals surface area (Å²) in [7, 11) is 0. The van der Waals surface area contributed by atoms with Crippen molar-refractivity contribution in [1.29, 1.82) is 0 Å². The molecule has 6 nitrogen and oxygen atoms in total. The van der Waals surface area contributed by atoms with Crippen LogP contribution >= 0.6 is 0 Å². The highest BCUT2D eigenvalue weighted by Crippen LogP contribution is 2.35. The van der Waals surface area contributed by atoms with Gasteiger partial charge in [0.05, 0.1) is 17.8 Å². The molecule has 3 rings (SSSR count). The van der Waals surface area contributed by atoms with E-state index in [1.807, 2.05) is 0 Å². The summed E-state index contributed by atoms with van der Waals surface area (Å²) in [6.45, 7) is 0.768. The van der Waals surface area contributed by atoms with Crippen LogP contribution in [0.5, 0.6) is 0 Å². The number of anilines is 1. The number of hydrogen-bond acceptors (Lipinski definition) is 3. The molecule has 0 aromatic heterocycles. The molecule has 2 aliphatic rings. The summed E-state index contributed by atoms with van der Waals surface area (Å²) in [4.78, 5) is 24.8. The Bertz CT molecular complexity index is 653. The second-order valence-electron chi connectivity index (χ2n) is 5.89. The number of likely N-dealkylation sites (tertiary alicyclic amines) is 1. The Balaban J connectivity index is 1.68. The second-order valence-corrected chi connectivity index (χ2v) is 5.89. The lowest BCUT2D eigenvalue weighted by Gasteiger charge is -2.33. The summed E-state index contributed by atoms with van der Waals surface area (Å²) in [5, 5.41) is 5.00. The summed E-state index contributed by atoms with van der Waals surface area (Å²) in [5.41, 5.74) is -1.84. The van der Waals surface area contributed by atoms with Crippen LogP contribution in [-0.2, 0) is 15.7 Å². The van der Waals surface area contributed by atoms with E-state index in [2.05, 4.69) is 10.6 Å². The Morgan fingerprint density at radius 2 is 2.08 bits per heavy atom. The summed E-state index contributed by atoms with van der Waals surface area (Å²) < 4.78 is 44.5. The van der Waals surface area contributed by atoms with Crippen molar-refractivity contribution in [2.24, 2.45) is 0 Å². The fraction of sp³-hybridized carbons (Fsp3) is 0.467. The van der Waals surface area contributed by atoms with Gasteiger partial charge in [-0.25, -0.2) is 4.79 Å². The normalized spacial score (nSPS) is 24.1. The van der Waals surface area contributed by atoms with E-state index in [1.54, 1.807) is 0 Å². The molecule has 2 saturated heterocycles. The third-order valence-corrected chi connectivity index (χ3v) is 4.19. The van der Waals surface area contributed by atoms with Crippen molar-refractivity contribution in [3.8, 4) is 0 Å². The number of carbonyl (C=O) groups excluding carboxylic acids is 2. The van der Waals surface area contributed by atoms with Gasteiger partial charge < -0.3 is 20.3 Å². The minimum atomic E-state index is -4.55. The zero-order chi connectivity index (χ0) is 17.4. The van der Waals surface area contributed by atoms with Crippen LogP contribution in [0.25, 0.3) is 0 Å². The number of nitrogens with zero attached hydrogens (tertiary/aromatic N) is 1. The average molecular weight is 343 g/mol. The molecule has 1 unspecified atom stereocenters. The quantitative estimate of drug-likeness (QED) is 0.817. The zero-order valence-corrected chi connectivity index (χ0v) is 12.7. The van der Waals surface area contributed by atoms with E-state index in [4.69, 9.17) is 4.74 Å². The van der Waals surface area contributed by atoms with Crippen LogP contribution in [0.1, 0.15) is 12.0 Å². The monoisotopic (exact) mass is 343 g/mol. The van der Waals surface area contributed by atoms with E-state index < -0.39 is 23.4 Å². The molecule has 9 heteroatoms. The number of urea groups is 1. The lowest BCUT2D eigenvalue weighted by Crippen LogP contribution is -2.54. The Kier molecular flexibility index (Phi) is 4.12. The number of amides is 3. The Morgan fingerprint density at radius 3 is 2.75 bits per heavy atom. The molecule has 130 valence electrons. The van der Waals surface area contributed by atoms with Crippen LogP contribution in [0.3, 0.4) is 0 Å². The predicted molar refractivity (Wildman–Crippen MR) is 78.3 cm³/mol. The maximum Gasteiger partial charge on any atom is 0.418 e. The molecular formula is C15H16F3N3O3. The highest BCUT2D eigenvalue weighted by molar-refractivity contribution is 5.90. The highest BCUT2D eigenvalue weighted by Gasteiger charge is 2.44. The van der Waals surface area contributed by atoms with Crippen molar-refractivity contribution in [1.82, 2.24) is 10.2 Å². The van der Waals surface area contributed by atoms with Gasteiger partial charge in [0.1, 0.15) is 12.2 Å². The Labute approximate surface area is 135 Å². The third kappa shape index (κ3) is 3.30. The zero-order valence-electron chi connectivity index (χ0n) is 12.7. The summed E-state index contributed by atoms with van der Waals surface area (Å²) in [6, 6.07) is 4.20. The molecule has 2 N–H and O–H groups in total.